The van der Waals surface area contributed by atoms with Gasteiger partial charge in [-0.05, 0) is 18.2 Å². The van der Waals surface area contributed by atoms with Crippen LogP contribution in [0.15, 0.2) is 24.5 Å². The number of nitrogens with zero attached hydrogens (tertiary/aromatic N) is 2. The van der Waals surface area contributed by atoms with Crippen molar-refractivity contribution in [1.29, 1.82) is 0 Å². The number of benzene rings is 1. The Kier molecular flexibility index (Phi) is 3.21. The molecule has 3 rings (SSSR count). The van der Waals surface area contributed by atoms with Crippen molar-refractivity contribution in [2.45, 2.75) is 19.5 Å². The van der Waals surface area contributed by atoms with Gasteiger partial charge in [0.15, 0.2) is 0 Å². The SMILES string of the molecule is COc1ccc(F)cc1Cn1cnc2c1CCNC2. The van der Waals surface area contributed by atoms with Gasteiger partial charge in [0, 0.05) is 30.8 Å². The maximum Gasteiger partial charge on any atom is 0.124 e. The summed E-state index contributed by atoms with van der Waals surface area (Å²) < 4.78 is 20.7. The summed E-state index contributed by atoms with van der Waals surface area (Å²) in [6.45, 7) is 2.35. The Bertz CT molecular complexity index is 594. The molecular weight excluding hydrogens is 245 g/mol. The Morgan fingerprint density at radius 3 is 3.21 bits per heavy atom. The molecule has 0 unspecified atom stereocenters. The van der Waals surface area contributed by atoms with Crippen LogP contribution < -0.4 is 10.1 Å². The van der Waals surface area contributed by atoms with E-state index in [2.05, 4.69) is 14.9 Å². The summed E-state index contributed by atoms with van der Waals surface area (Å²) in [6.07, 6.45) is 2.77. The molecule has 19 heavy (non-hydrogen) atoms. The predicted molar refractivity (Wildman–Crippen MR) is 69.7 cm³/mol. The first-order chi connectivity index (χ1) is 9.28. The number of nitrogens with one attached hydrogen (secondary N) is 1. The first-order valence-electron chi connectivity index (χ1n) is 6.34. The van der Waals surface area contributed by atoms with E-state index < -0.39 is 0 Å². The standard InChI is InChI=1S/C14H16FN3O/c1-19-14-3-2-11(15)6-10(14)8-18-9-17-12-7-16-5-4-13(12)18/h2-3,6,9,16H,4-5,7-8H2,1H3. The summed E-state index contributed by atoms with van der Waals surface area (Å²) in [5.41, 5.74) is 3.15. The third-order valence-electron chi connectivity index (χ3n) is 3.45. The summed E-state index contributed by atoms with van der Waals surface area (Å²) in [5, 5.41) is 3.29. The van der Waals surface area contributed by atoms with Crippen molar-refractivity contribution >= 4 is 0 Å². The zero-order valence-electron chi connectivity index (χ0n) is 10.8. The van der Waals surface area contributed by atoms with Crippen molar-refractivity contribution in [1.82, 2.24) is 14.9 Å². The minimum atomic E-state index is -0.244. The van der Waals surface area contributed by atoms with Crippen LogP contribution in [0.2, 0.25) is 0 Å². The zero-order chi connectivity index (χ0) is 13.2. The van der Waals surface area contributed by atoms with Crippen molar-refractivity contribution in [2.75, 3.05) is 13.7 Å². The van der Waals surface area contributed by atoms with Crippen LogP contribution in [0.3, 0.4) is 0 Å². The predicted octanol–water partition coefficient (Wildman–Crippen LogP) is 1.72. The molecule has 0 saturated heterocycles. The number of aromatic nitrogens is 2. The molecule has 0 aliphatic carbocycles. The third-order valence-corrected chi connectivity index (χ3v) is 3.45. The van der Waals surface area contributed by atoms with Crippen molar-refractivity contribution in [3.8, 4) is 5.75 Å². The van der Waals surface area contributed by atoms with Crippen LogP contribution in [0.1, 0.15) is 17.0 Å². The average Bonchev–Trinajstić information content (AvgIpc) is 2.83. The van der Waals surface area contributed by atoms with Gasteiger partial charge in [0.1, 0.15) is 11.6 Å². The van der Waals surface area contributed by atoms with Gasteiger partial charge < -0.3 is 14.6 Å². The van der Waals surface area contributed by atoms with E-state index in [0.29, 0.717) is 12.3 Å². The summed E-state index contributed by atoms with van der Waals surface area (Å²) in [5.74, 6) is 0.462. The van der Waals surface area contributed by atoms with Crippen LogP contribution >= 0.6 is 0 Å². The number of fused-ring (bicyclic) bond motifs is 1. The third kappa shape index (κ3) is 2.33. The molecule has 2 heterocycles. The van der Waals surface area contributed by atoms with Gasteiger partial charge >= 0.3 is 0 Å². The monoisotopic (exact) mass is 261 g/mol. The highest BCUT2D eigenvalue weighted by Crippen LogP contribution is 2.22. The largest absolute Gasteiger partial charge is 0.496 e. The van der Waals surface area contributed by atoms with Gasteiger partial charge in [-0.25, -0.2) is 9.37 Å². The summed E-state index contributed by atoms with van der Waals surface area (Å²) >= 11 is 0. The molecule has 100 valence electrons. The molecule has 1 aliphatic heterocycles. The van der Waals surface area contributed by atoms with Crippen LogP contribution in [-0.2, 0) is 19.5 Å². The van der Waals surface area contributed by atoms with Gasteiger partial charge in [-0.2, -0.15) is 0 Å². The Labute approximate surface area is 111 Å². The maximum absolute atomic E-state index is 13.4. The van der Waals surface area contributed by atoms with E-state index >= 15 is 0 Å². The van der Waals surface area contributed by atoms with E-state index in [9.17, 15) is 4.39 Å². The smallest absolute Gasteiger partial charge is 0.124 e. The molecule has 0 amide bonds. The first-order valence-corrected chi connectivity index (χ1v) is 6.34. The van der Waals surface area contributed by atoms with Crippen LogP contribution in [-0.4, -0.2) is 23.2 Å². The number of hydrogen-bond donors (Lipinski definition) is 1. The molecule has 0 saturated carbocycles. The quantitative estimate of drug-likeness (QED) is 0.914. The fraction of sp³-hybridized carbons (Fsp3) is 0.357. The van der Waals surface area contributed by atoms with Crippen LogP contribution in [0.25, 0.3) is 0 Å². The molecule has 0 radical (unpaired) electrons. The number of rotatable bonds is 3. The Morgan fingerprint density at radius 2 is 2.37 bits per heavy atom. The molecule has 0 atom stereocenters. The van der Waals surface area contributed by atoms with Gasteiger partial charge in [0.05, 0.1) is 25.7 Å². The summed E-state index contributed by atoms with van der Waals surface area (Å²) in [6, 6.07) is 4.59. The molecule has 1 N–H and O–H groups in total. The Balaban J connectivity index is 1.93. The number of imidazole rings is 1. The maximum atomic E-state index is 13.4. The fourth-order valence-electron chi connectivity index (χ4n) is 2.49. The molecule has 2 aromatic rings. The van der Waals surface area contributed by atoms with E-state index in [1.54, 1.807) is 13.2 Å². The Morgan fingerprint density at radius 1 is 1.47 bits per heavy atom. The molecular formula is C14H16FN3O. The number of methoxy groups -OCH3 is 1. The fourth-order valence-corrected chi connectivity index (χ4v) is 2.49. The van der Waals surface area contributed by atoms with Crippen LogP contribution in [0.4, 0.5) is 4.39 Å². The van der Waals surface area contributed by atoms with E-state index in [1.165, 1.54) is 17.8 Å². The first kappa shape index (κ1) is 12.2. The zero-order valence-corrected chi connectivity index (χ0v) is 10.8. The van der Waals surface area contributed by atoms with E-state index in [1.807, 2.05) is 6.33 Å². The van der Waals surface area contributed by atoms with E-state index in [0.717, 1.165) is 30.8 Å². The van der Waals surface area contributed by atoms with Crippen molar-refractivity contribution in [2.24, 2.45) is 0 Å². The van der Waals surface area contributed by atoms with Crippen LogP contribution in [0.5, 0.6) is 5.75 Å². The molecule has 0 bridgehead atoms. The molecule has 1 aromatic carbocycles. The molecule has 1 aliphatic rings. The van der Waals surface area contributed by atoms with E-state index in [4.69, 9.17) is 4.74 Å². The molecule has 0 spiro atoms. The minimum absolute atomic E-state index is 0.244. The van der Waals surface area contributed by atoms with Gasteiger partial charge in [0.2, 0.25) is 0 Å². The number of halogens is 1. The van der Waals surface area contributed by atoms with E-state index in [-0.39, 0.29) is 5.82 Å². The highest BCUT2D eigenvalue weighted by Gasteiger charge is 2.16. The van der Waals surface area contributed by atoms with Gasteiger partial charge in [-0.15, -0.1) is 0 Å². The lowest BCUT2D eigenvalue weighted by Crippen LogP contribution is -2.25. The highest BCUT2D eigenvalue weighted by molar-refractivity contribution is 5.34. The van der Waals surface area contributed by atoms with Gasteiger partial charge in [-0.1, -0.05) is 0 Å². The number of ether oxygens (including phenoxy) is 1. The van der Waals surface area contributed by atoms with Crippen molar-refractivity contribution in [3.63, 3.8) is 0 Å². The van der Waals surface area contributed by atoms with Crippen molar-refractivity contribution in [3.05, 3.63) is 47.3 Å². The normalized spacial score (nSPS) is 14.2. The molecule has 5 heteroatoms. The lowest BCUT2D eigenvalue weighted by atomic mass is 10.1. The average molecular weight is 261 g/mol. The minimum Gasteiger partial charge on any atom is -0.496 e. The van der Waals surface area contributed by atoms with Crippen molar-refractivity contribution < 1.29 is 9.13 Å². The second kappa shape index (κ2) is 5.01. The summed E-state index contributed by atoms with van der Waals surface area (Å²) in [4.78, 5) is 4.40. The van der Waals surface area contributed by atoms with Crippen LogP contribution in [0, 0.1) is 5.82 Å². The Hall–Kier alpha value is -1.88. The van der Waals surface area contributed by atoms with Gasteiger partial charge in [0.25, 0.3) is 0 Å². The summed E-state index contributed by atoms with van der Waals surface area (Å²) in [7, 11) is 1.60. The number of hydrogen-bond acceptors (Lipinski definition) is 3. The van der Waals surface area contributed by atoms with Gasteiger partial charge in [-0.3, -0.25) is 0 Å². The molecule has 4 nitrogen and oxygen atoms in total. The lowest BCUT2D eigenvalue weighted by Gasteiger charge is -2.16. The molecule has 0 fully saturated rings. The second-order valence-corrected chi connectivity index (χ2v) is 4.65. The molecule has 1 aromatic heterocycles. The topological polar surface area (TPSA) is 39.1 Å². The lowest BCUT2D eigenvalue weighted by molar-refractivity contribution is 0.406. The second-order valence-electron chi connectivity index (χ2n) is 4.65. The highest BCUT2D eigenvalue weighted by atomic mass is 19.1.